The fraction of sp³-hybridized carbons (Fsp3) is 0.769. The molecule has 1 aromatic heterocycles. The number of hydrogen-bond donors (Lipinski definition) is 1. The van der Waals surface area contributed by atoms with Crippen LogP contribution in [0.1, 0.15) is 37.6 Å². The van der Waals surface area contributed by atoms with E-state index < -0.39 is 9.84 Å². The van der Waals surface area contributed by atoms with Gasteiger partial charge in [0.25, 0.3) is 0 Å². The minimum atomic E-state index is -3.01. The Labute approximate surface area is 115 Å². The van der Waals surface area contributed by atoms with Crippen LogP contribution in [0.5, 0.6) is 0 Å². The topological polar surface area (TPSA) is 78.0 Å². The number of nitrogens with two attached hydrogens (primary N) is 1. The Morgan fingerprint density at radius 1 is 1.53 bits per heavy atom. The van der Waals surface area contributed by atoms with Crippen molar-refractivity contribution in [3.63, 3.8) is 0 Å². The molecular weight excluding hydrogens is 262 g/mol. The highest BCUT2D eigenvalue weighted by Gasteiger charge is 2.34. The van der Waals surface area contributed by atoms with Crippen LogP contribution in [0.2, 0.25) is 0 Å². The molecule has 0 saturated carbocycles. The molecule has 1 fully saturated rings. The molecule has 0 spiro atoms. The molecule has 108 valence electrons. The molecule has 2 N–H and O–H groups in total. The van der Waals surface area contributed by atoms with Crippen molar-refractivity contribution in [3.8, 4) is 0 Å². The number of hydrogen-bond acceptors (Lipinski definition) is 4. The van der Waals surface area contributed by atoms with Gasteiger partial charge in [-0.3, -0.25) is 4.68 Å². The van der Waals surface area contributed by atoms with Gasteiger partial charge in [0.2, 0.25) is 0 Å². The molecule has 0 bridgehead atoms. The van der Waals surface area contributed by atoms with Crippen molar-refractivity contribution in [1.82, 2.24) is 9.78 Å². The molecule has 1 aliphatic heterocycles. The maximum absolute atomic E-state index is 12.1. The van der Waals surface area contributed by atoms with E-state index in [9.17, 15) is 8.42 Å². The van der Waals surface area contributed by atoms with Crippen LogP contribution in [0, 0.1) is 6.92 Å². The first-order chi connectivity index (χ1) is 8.94. The normalized spacial score (nSPS) is 24.3. The van der Waals surface area contributed by atoms with Crippen molar-refractivity contribution >= 4 is 9.84 Å². The van der Waals surface area contributed by atoms with E-state index in [-0.39, 0.29) is 17.0 Å². The van der Waals surface area contributed by atoms with Crippen LogP contribution in [0.25, 0.3) is 0 Å². The van der Waals surface area contributed by atoms with E-state index >= 15 is 0 Å². The zero-order valence-corrected chi connectivity index (χ0v) is 12.5. The third kappa shape index (κ3) is 3.17. The minimum absolute atomic E-state index is 0.289. The fourth-order valence-corrected chi connectivity index (χ4v) is 4.93. The van der Waals surface area contributed by atoms with Gasteiger partial charge >= 0.3 is 0 Å². The van der Waals surface area contributed by atoms with Crippen LogP contribution in [0.15, 0.2) is 6.07 Å². The molecule has 2 atom stereocenters. The number of rotatable bonds is 4. The predicted octanol–water partition coefficient (Wildman–Crippen LogP) is 1.05. The lowest BCUT2D eigenvalue weighted by Gasteiger charge is -2.27. The minimum Gasteiger partial charge on any atom is -0.326 e. The van der Waals surface area contributed by atoms with E-state index in [2.05, 4.69) is 5.10 Å². The number of sulfone groups is 1. The average molecular weight is 285 g/mol. The summed E-state index contributed by atoms with van der Waals surface area (Å²) in [4.78, 5) is 0. The Hall–Kier alpha value is -0.880. The van der Waals surface area contributed by atoms with Crippen LogP contribution in [0.4, 0.5) is 0 Å². The van der Waals surface area contributed by atoms with Gasteiger partial charge in [-0.15, -0.1) is 0 Å². The number of nitrogens with zero attached hydrogens (tertiary/aromatic N) is 2. The lowest BCUT2D eigenvalue weighted by atomic mass is 10.0. The third-order valence-electron chi connectivity index (χ3n) is 3.84. The fourth-order valence-electron chi connectivity index (χ4n) is 2.87. The van der Waals surface area contributed by atoms with E-state index in [0.717, 1.165) is 30.8 Å². The Kier molecular flexibility index (Phi) is 4.30. The number of aryl methyl sites for hydroxylation is 2. The van der Waals surface area contributed by atoms with E-state index in [1.807, 2.05) is 24.6 Å². The Morgan fingerprint density at radius 2 is 2.26 bits per heavy atom. The molecule has 19 heavy (non-hydrogen) atoms. The molecule has 2 unspecified atom stereocenters. The van der Waals surface area contributed by atoms with Gasteiger partial charge < -0.3 is 5.73 Å². The second kappa shape index (κ2) is 5.63. The van der Waals surface area contributed by atoms with Crippen LogP contribution in [0.3, 0.4) is 0 Å². The first-order valence-electron chi connectivity index (χ1n) is 6.94. The summed E-state index contributed by atoms with van der Waals surface area (Å²) in [6.45, 7) is 4.75. The summed E-state index contributed by atoms with van der Waals surface area (Å²) in [5.41, 5.74) is 8.16. The van der Waals surface area contributed by atoms with Gasteiger partial charge in [0.05, 0.1) is 16.7 Å². The van der Waals surface area contributed by atoms with E-state index in [0.29, 0.717) is 12.8 Å². The van der Waals surface area contributed by atoms with Gasteiger partial charge in [0.1, 0.15) is 0 Å². The van der Waals surface area contributed by atoms with Gasteiger partial charge in [0.15, 0.2) is 9.84 Å². The highest BCUT2D eigenvalue weighted by Crippen LogP contribution is 2.23. The summed E-state index contributed by atoms with van der Waals surface area (Å²) in [6, 6.07) is 1.67. The highest BCUT2D eigenvalue weighted by molar-refractivity contribution is 7.92. The Morgan fingerprint density at radius 3 is 2.89 bits per heavy atom. The second-order valence-electron chi connectivity index (χ2n) is 5.36. The van der Waals surface area contributed by atoms with Crippen molar-refractivity contribution in [2.45, 2.75) is 57.4 Å². The zero-order chi connectivity index (χ0) is 14.0. The Bertz CT molecular complexity index is 536. The first-order valence-corrected chi connectivity index (χ1v) is 8.66. The van der Waals surface area contributed by atoms with E-state index in [1.54, 1.807) is 0 Å². The lowest BCUT2D eigenvalue weighted by molar-refractivity contribution is 0.484. The molecule has 1 aromatic rings. The van der Waals surface area contributed by atoms with Gasteiger partial charge in [0, 0.05) is 24.7 Å². The van der Waals surface area contributed by atoms with Gasteiger partial charge in [-0.25, -0.2) is 8.42 Å². The summed E-state index contributed by atoms with van der Waals surface area (Å²) in [5, 5.41) is 3.99. The third-order valence-corrected chi connectivity index (χ3v) is 6.20. The molecule has 0 radical (unpaired) electrons. The molecular formula is C13H23N3O2S. The van der Waals surface area contributed by atoms with E-state index in [4.69, 9.17) is 5.73 Å². The maximum atomic E-state index is 12.1. The summed E-state index contributed by atoms with van der Waals surface area (Å²) in [7, 11) is -3.01. The molecule has 0 aromatic carbocycles. The molecule has 6 heteroatoms. The summed E-state index contributed by atoms with van der Waals surface area (Å²) in [6.07, 6.45) is 3.02. The molecule has 5 nitrogen and oxygen atoms in total. The lowest BCUT2D eigenvalue weighted by Crippen LogP contribution is -2.45. The second-order valence-corrected chi connectivity index (χ2v) is 7.70. The summed E-state index contributed by atoms with van der Waals surface area (Å²) >= 11 is 0. The standard InChI is InChI=1S/C13H23N3O2S/c1-3-16-11(8-10(2)15-16)9-12(14)13-6-4-5-7-19(13,17)18/h8,12-13H,3-7,9,14H2,1-2H3. The molecule has 1 aliphatic rings. The van der Waals surface area contributed by atoms with Crippen LogP contribution < -0.4 is 5.73 Å². The first kappa shape index (κ1) is 14.5. The zero-order valence-electron chi connectivity index (χ0n) is 11.7. The largest absolute Gasteiger partial charge is 0.326 e. The molecule has 0 amide bonds. The summed E-state index contributed by atoms with van der Waals surface area (Å²) in [5.74, 6) is 0.289. The quantitative estimate of drug-likeness (QED) is 0.897. The Balaban J connectivity index is 2.14. The van der Waals surface area contributed by atoms with Gasteiger partial charge in [-0.2, -0.15) is 5.10 Å². The van der Waals surface area contributed by atoms with Crippen LogP contribution in [-0.2, 0) is 22.8 Å². The summed E-state index contributed by atoms with van der Waals surface area (Å²) < 4.78 is 26.0. The van der Waals surface area contributed by atoms with Crippen molar-refractivity contribution in [3.05, 3.63) is 17.5 Å². The van der Waals surface area contributed by atoms with E-state index in [1.165, 1.54) is 0 Å². The van der Waals surface area contributed by atoms with Crippen LogP contribution in [-0.4, -0.2) is 35.2 Å². The smallest absolute Gasteiger partial charge is 0.154 e. The van der Waals surface area contributed by atoms with Gasteiger partial charge in [-0.1, -0.05) is 6.42 Å². The number of aromatic nitrogens is 2. The predicted molar refractivity (Wildman–Crippen MR) is 75.7 cm³/mol. The van der Waals surface area contributed by atoms with Crippen LogP contribution >= 0.6 is 0 Å². The highest BCUT2D eigenvalue weighted by atomic mass is 32.2. The SMILES string of the molecule is CCn1nc(C)cc1CC(N)C1CCCCS1(=O)=O. The molecule has 2 rings (SSSR count). The van der Waals surface area contributed by atoms with Crippen molar-refractivity contribution in [2.24, 2.45) is 5.73 Å². The molecule has 1 saturated heterocycles. The van der Waals surface area contributed by atoms with Crippen molar-refractivity contribution in [1.29, 1.82) is 0 Å². The molecule has 2 heterocycles. The van der Waals surface area contributed by atoms with Crippen molar-refractivity contribution in [2.75, 3.05) is 5.75 Å². The van der Waals surface area contributed by atoms with Crippen molar-refractivity contribution < 1.29 is 8.42 Å². The molecule has 0 aliphatic carbocycles. The maximum Gasteiger partial charge on any atom is 0.154 e. The van der Waals surface area contributed by atoms with Gasteiger partial charge in [-0.05, 0) is 32.8 Å². The monoisotopic (exact) mass is 285 g/mol. The average Bonchev–Trinajstić information content (AvgIpc) is 2.68.